The maximum absolute atomic E-state index is 14.7. The molecule has 3 amide bonds. The molecule has 0 spiro atoms. The van der Waals surface area contributed by atoms with Crippen molar-refractivity contribution in [2.24, 2.45) is 5.92 Å². The van der Waals surface area contributed by atoms with Crippen molar-refractivity contribution in [3.8, 4) is 5.82 Å². The van der Waals surface area contributed by atoms with Crippen LogP contribution in [0.1, 0.15) is 44.0 Å². The number of pyridine rings is 1. The summed E-state index contributed by atoms with van der Waals surface area (Å²) in [6.45, 7) is 7.25. The third-order valence-electron chi connectivity index (χ3n) is 7.10. The van der Waals surface area contributed by atoms with Gasteiger partial charge in [0.25, 0.3) is 11.7 Å². The number of carbonyl (C=O) groups excluding carboxylic acids is 4. The van der Waals surface area contributed by atoms with Crippen molar-refractivity contribution >= 4 is 34.6 Å². The number of piperidine rings is 1. The summed E-state index contributed by atoms with van der Waals surface area (Å²) in [5.41, 5.74) is -0.464. The Kier molecular flexibility index (Phi) is 7.25. The number of nitrogens with zero attached hydrogens (tertiary/aromatic N) is 7. The van der Waals surface area contributed by atoms with Crippen LogP contribution in [0.4, 0.5) is 9.18 Å². The van der Waals surface area contributed by atoms with Gasteiger partial charge in [0.05, 0.1) is 35.1 Å². The van der Waals surface area contributed by atoms with Gasteiger partial charge in [-0.1, -0.05) is 5.21 Å². The van der Waals surface area contributed by atoms with Crippen molar-refractivity contribution in [2.75, 3.05) is 39.3 Å². The van der Waals surface area contributed by atoms with E-state index in [0.717, 1.165) is 6.20 Å². The fourth-order valence-electron chi connectivity index (χ4n) is 5.05. The fraction of sp³-hybridized carbons (Fsp3) is 0.500. The second kappa shape index (κ2) is 10.7. The highest BCUT2D eigenvalue weighted by Crippen LogP contribution is 2.27. The predicted molar refractivity (Wildman–Crippen MR) is 139 cm³/mol. The summed E-state index contributed by atoms with van der Waals surface area (Å²) in [6.07, 6.45) is 5.92. The molecule has 1 N–H and O–H groups in total. The number of halogens is 1. The normalized spacial score (nSPS) is 16.9. The monoisotopic (exact) mass is 554 g/mol. The highest BCUT2D eigenvalue weighted by molar-refractivity contribution is 6.45. The number of hydrogen-bond acceptors (Lipinski definition) is 8. The van der Waals surface area contributed by atoms with Crippen molar-refractivity contribution in [1.82, 2.24) is 39.7 Å². The highest BCUT2D eigenvalue weighted by atomic mass is 19.1. The number of aromatic nitrogens is 5. The van der Waals surface area contributed by atoms with Crippen LogP contribution in [0.25, 0.3) is 16.7 Å². The highest BCUT2D eigenvalue weighted by Gasteiger charge is 2.35. The zero-order valence-corrected chi connectivity index (χ0v) is 22.6. The number of H-pyrrole nitrogens is 1. The van der Waals surface area contributed by atoms with Crippen LogP contribution in [0.2, 0.25) is 0 Å². The van der Waals surface area contributed by atoms with E-state index < -0.39 is 23.1 Å². The lowest BCUT2D eigenvalue weighted by molar-refractivity contribution is -0.141. The molecule has 0 unspecified atom stereocenters. The number of hydrogen-bond donors (Lipinski definition) is 1. The number of amides is 3. The lowest BCUT2D eigenvalue weighted by Crippen LogP contribution is -2.54. The largest absolute Gasteiger partial charge is 0.444 e. The number of rotatable bonds is 4. The molecule has 13 nitrogen and oxygen atoms in total. The minimum atomic E-state index is -0.852. The maximum Gasteiger partial charge on any atom is 0.410 e. The SMILES string of the molecule is CC(C)(C)OC(=O)N1CCC(C(=O)N2CCN(C(=O)C(=O)c3c[nH]c4c(-n5ccnn5)ncc(F)c34)CC2)CC1. The minimum Gasteiger partial charge on any atom is -0.444 e. The standard InChI is InChI=1S/C26H31FN8O5/c1-26(2,3)40-25(39)34-7-4-16(5-8-34)23(37)32-10-12-33(13-11-32)24(38)21(36)17-14-28-20-19(17)18(27)15-29-22(20)35-9-6-30-31-35/h6,9,14-16,28H,4-5,7-8,10-13H2,1-3H3. The molecule has 5 rings (SSSR count). The average Bonchev–Trinajstić information content (AvgIpc) is 3.63. The quantitative estimate of drug-likeness (QED) is 0.379. The lowest BCUT2D eigenvalue weighted by Gasteiger charge is -2.38. The Morgan fingerprint density at radius 1 is 1.00 bits per heavy atom. The Morgan fingerprint density at radius 3 is 2.30 bits per heavy atom. The summed E-state index contributed by atoms with van der Waals surface area (Å²) in [7, 11) is 0. The van der Waals surface area contributed by atoms with E-state index in [4.69, 9.17) is 4.74 Å². The summed E-state index contributed by atoms with van der Waals surface area (Å²) in [4.78, 5) is 63.2. The summed E-state index contributed by atoms with van der Waals surface area (Å²) in [5.74, 6) is -2.36. The molecule has 2 aliphatic heterocycles. The number of Topliss-reactive ketones (excluding diaryl/α,β-unsaturated/α-hetero) is 1. The first kappa shape index (κ1) is 27.2. The van der Waals surface area contributed by atoms with Crippen molar-refractivity contribution in [1.29, 1.82) is 0 Å². The molecule has 3 aromatic rings. The van der Waals surface area contributed by atoms with Crippen molar-refractivity contribution in [2.45, 2.75) is 39.2 Å². The molecule has 0 aromatic carbocycles. The molecule has 40 heavy (non-hydrogen) atoms. The second-order valence-corrected chi connectivity index (χ2v) is 10.9. The van der Waals surface area contributed by atoms with Gasteiger partial charge in [0.1, 0.15) is 5.60 Å². The van der Waals surface area contributed by atoms with Gasteiger partial charge < -0.3 is 24.4 Å². The van der Waals surface area contributed by atoms with Crippen molar-refractivity contribution < 1.29 is 28.3 Å². The predicted octanol–water partition coefficient (Wildman–Crippen LogP) is 1.78. The molecule has 2 saturated heterocycles. The second-order valence-electron chi connectivity index (χ2n) is 10.9. The molecule has 0 bridgehead atoms. The van der Waals surface area contributed by atoms with E-state index >= 15 is 0 Å². The van der Waals surface area contributed by atoms with Crippen LogP contribution >= 0.6 is 0 Å². The molecule has 14 heteroatoms. The zero-order valence-electron chi connectivity index (χ0n) is 22.6. The first-order valence-electron chi connectivity index (χ1n) is 13.2. The van der Waals surface area contributed by atoms with Crippen molar-refractivity contribution in [3.05, 3.63) is 36.2 Å². The van der Waals surface area contributed by atoms with E-state index in [0.29, 0.717) is 25.9 Å². The van der Waals surface area contributed by atoms with Crippen LogP contribution in [0.5, 0.6) is 0 Å². The number of fused-ring (bicyclic) bond motifs is 1. The minimum absolute atomic E-state index is 0.0193. The molecule has 0 radical (unpaired) electrons. The summed E-state index contributed by atoms with van der Waals surface area (Å²) in [6, 6.07) is 0. The van der Waals surface area contributed by atoms with Gasteiger partial charge in [-0.3, -0.25) is 14.4 Å². The summed E-state index contributed by atoms with van der Waals surface area (Å²) >= 11 is 0. The number of aromatic amines is 1. The van der Waals surface area contributed by atoms with E-state index in [1.54, 1.807) is 9.80 Å². The van der Waals surface area contributed by atoms with E-state index in [-0.39, 0.29) is 66.4 Å². The van der Waals surface area contributed by atoms with Crippen LogP contribution in [-0.2, 0) is 14.3 Å². The molecule has 0 saturated carbocycles. The van der Waals surface area contributed by atoms with E-state index in [1.165, 1.54) is 28.2 Å². The molecule has 0 aliphatic carbocycles. The molecule has 0 atom stereocenters. The average molecular weight is 555 g/mol. The van der Waals surface area contributed by atoms with E-state index in [1.807, 2.05) is 20.8 Å². The van der Waals surface area contributed by atoms with Gasteiger partial charge >= 0.3 is 6.09 Å². The Balaban J connectivity index is 1.18. The topological polar surface area (TPSA) is 147 Å². The number of ether oxygens (including phenoxy) is 1. The van der Waals surface area contributed by atoms with E-state index in [2.05, 4.69) is 20.3 Å². The molecule has 2 aliphatic rings. The van der Waals surface area contributed by atoms with Gasteiger partial charge in [0.15, 0.2) is 11.6 Å². The van der Waals surface area contributed by atoms with Gasteiger partial charge in [-0.25, -0.2) is 18.9 Å². The molecule has 2 fully saturated rings. The van der Waals surface area contributed by atoms with Crippen LogP contribution < -0.4 is 0 Å². The van der Waals surface area contributed by atoms with Gasteiger partial charge in [-0.15, -0.1) is 5.10 Å². The number of likely N-dealkylation sites (tertiary alicyclic amines) is 1. The summed E-state index contributed by atoms with van der Waals surface area (Å²) in [5, 5.41) is 7.52. The first-order valence-corrected chi connectivity index (χ1v) is 13.2. The molecule has 5 heterocycles. The van der Waals surface area contributed by atoms with Crippen LogP contribution in [0.15, 0.2) is 24.8 Å². The van der Waals surface area contributed by atoms with Gasteiger partial charge in [-0.05, 0) is 33.6 Å². The first-order chi connectivity index (χ1) is 19.0. The molecular weight excluding hydrogens is 523 g/mol. The maximum atomic E-state index is 14.7. The number of carbonyl (C=O) groups is 4. The Morgan fingerprint density at radius 2 is 1.68 bits per heavy atom. The number of ketones is 1. The van der Waals surface area contributed by atoms with Crippen LogP contribution in [0, 0.1) is 11.7 Å². The smallest absolute Gasteiger partial charge is 0.410 e. The number of piperazine rings is 1. The van der Waals surface area contributed by atoms with E-state index in [9.17, 15) is 23.6 Å². The Hall–Kier alpha value is -4.36. The molecule has 3 aromatic heterocycles. The third-order valence-corrected chi connectivity index (χ3v) is 7.10. The Bertz CT molecular complexity index is 1430. The Labute approximate surface area is 229 Å². The van der Waals surface area contributed by atoms with Gasteiger partial charge in [0.2, 0.25) is 5.91 Å². The van der Waals surface area contributed by atoms with Crippen LogP contribution in [0.3, 0.4) is 0 Å². The van der Waals surface area contributed by atoms with Gasteiger partial charge in [-0.2, -0.15) is 0 Å². The third kappa shape index (κ3) is 5.38. The number of nitrogens with one attached hydrogen (secondary N) is 1. The molecular formula is C26H31FN8O5. The lowest BCUT2D eigenvalue weighted by atomic mass is 9.95. The molecule has 212 valence electrons. The summed E-state index contributed by atoms with van der Waals surface area (Å²) < 4.78 is 21.5. The fourth-order valence-corrected chi connectivity index (χ4v) is 5.05. The van der Waals surface area contributed by atoms with Crippen LogP contribution in [-0.4, -0.2) is 108 Å². The van der Waals surface area contributed by atoms with Gasteiger partial charge in [0, 0.05) is 51.4 Å². The zero-order chi connectivity index (χ0) is 28.6. The van der Waals surface area contributed by atoms with Crippen molar-refractivity contribution in [3.63, 3.8) is 0 Å².